The van der Waals surface area contributed by atoms with Gasteiger partial charge in [-0.05, 0) is 118 Å². The number of benzene rings is 9. The molecule has 2 aromatic heterocycles. The molecule has 0 aliphatic rings. The highest BCUT2D eigenvalue weighted by molar-refractivity contribution is 6.28. The zero-order chi connectivity index (χ0) is 40.0. The van der Waals surface area contributed by atoms with Gasteiger partial charge in [0, 0.05) is 32.9 Å². The molecule has 286 valence electrons. The van der Waals surface area contributed by atoms with Crippen molar-refractivity contribution in [2.75, 3.05) is 0 Å². The lowest BCUT2D eigenvalue weighted by atomic mass is 9.98. The maximum Gasteiger partial charge on any atom is 0.0548 e. The molecule has 0 amide bonds. The molecule has 9 aromatic carbocycles. The van der Waals surface area contributed by atoms with Gasteiger partial charge in [0.05, 0.1) is 22.1 Å². The van der Waals surface area contributed by atoms with Gasteiger partial charge in [-0.2, -0.15) is 0 Å². The largest absolute Gasteiger partial charge is 0.309 e. The maximum absolute atomic E-state index is 2.45. The molecule has 0 N–H and O–H groups in total. The summed E-state index contributed by atoms with van der Waals surface area (Å²) in [6, 6.07) is 78.0. The summed E-state index contributed by atoms with van der Waals surface area (Å²) in [6.07, 6.45) is 3.60. The molecule has 11 aromatic rings. The van der Waals surface area contributed by atoms with Gasteiger partial charge in [0.2, 0.25) is 0 Å². The molecule has 0 radical (unpaired) electrons. The zero-order valence-corrected chi connectivity index (χ0v) is 33.7. The molecule has 0 atom stereocenters. The van der Waals surface area contributed by atoms with E-state index in [9.17, 15) is 0 Å². The molecular weight excluding hydrogens is 725 g/mol. The van der Waals surface area contributed by atoms with E-state index in [0.717, 1.165) is 17.8 Å². The van der Waals surface area contributed by atoms with Crippen LogP contribution in [0.15, 0.2) is 212 Å². The Labute approximate surface area is 351 Å². The standard InChI is InChI=1S/C58H44N2/c1-2-3-13-40-24-26-42(27-25-40)43-28-30-44(31-29-43)48-18-12-19-50(39-48)60-54-23-10-8-21-52(54)58-56(60)37-36-55-57(58)51-20-7-9-22-53(51)59(55)49-34-32-45(33-35-49)47-17-11-16-46(38-47)41-14-5-4-6-15-41/h4-12,14-39H,2-3,13H2,1H3. The number of unbranched alkanes of at least 4 members (excludes halogenated alkanes) is 1. The molecule has 2 nitrogen and oxygen atoms in total. The Bertz CT molecular complexity index is 3310. The van der Waals surface area contributed by atoms with E-state index in [1.165, 1.54) is 107 Å². The Morgan fingerprint density at radius 3 is 1.33 bits per heavy atom. The predicted molar refractivity (Wildman–Crippen MR) is 255 cm³/mol. The Hall–Kier alpha value is -7.42. The van der Waals surface area contributed by atoms with Crippen molar-refractivity contribution in [3.8, 4) is 55.9 Å². The molecular formula is C58H44N2. The summed E-state index contributed by atoms with van der Waals surface area (Å²) < 4.78 is 4.89. The molecule has 0 aliphatic heterocycles. The van der Waals surface area contributed by atoms with Gasteiger partial charge in [0.25, 0.3) is 0 Å². The molecule has 2 heterocycles. The molecule has 2 heteroatoms. The van der Waals surface area contributed by atoms with Gasteiger partial charge in [-0.3, -0.25) is 0 Å². The minimum absolute atomic E-state index is 1.15. The quantitative estimate of drug-likeness (QED) is 0.138. The van der Waals surface area contributed by atoms with Crippen LogP contribution in [0.1, 0.15) is 25.3 Å². The van der Waals surface area contributed by atoms with Crippen LogP contribution >= 0.6 is 0 Å². The molecule has 0 bridgehead atoms. The first-order valence-corrected chi connectivity index (χ1v) is 21.2. The number of rotatable bonds is 9. The fourth-order valence-corrected chi connectivity index (χ4v) is 9.31. The second kappa shape index (κ2) is 15.1. The average molecular weight is 769 g/mol. The summed E-state index contributed by atoms with van der Waals surface area (Å²) in [7, 11) is 0. The minimum atomic E-state index is 1.15. The molecule has 0 aliphatic carbocycles. The highest BCUT2D eigenvalue weighted by Gasteiger charge is 2.20. The van der Waals surface area contributed by atoms with Crippen molar-refractivity contribution in [3.63, 3.8) is 0 Å². The normalized spacial score (nSPS) is 11.6. The SMILES string of the molecule is CCCCc1ccc(-c2ccc(-c3cccc(-n4c5ccccc5c5c6c7ccccc7n(-c7ccc(-c8cccc(-c9ccccc9)c8)cc7)c6ccc54)c3)cc2)cc1. The lowest BCUT2D eigenvalue weighted by molar-refractivity contribution is 0.795. The molecule has 0 unspecified atom stereocenters. The third kappa shape index (κ3) is 6.20. The van der Waals surface area contributed by atoms with Crippen LogP contribution in [-0.4, -0.2) is 9.13 Å². The summed E-state index contributed by atoms with van der Waals surface area (Å²) in [5.74, 6) is 0. The van der Waals surface area contributed by atoms with Crippen molar-refractivity contribution in [2.45, 2.75) is 26.2 Å². The van der Waals surface area contributed by atoms with Crippen molar-refractivity contribution in [2.24, 2.45) is 0 Å². The smallest absolute Gasteiger partial charge is 0.0548 e. The summed E-state index contributed by atoms with van der Waals surface area (Å²) in [5, 5.41) is 5.07. The molecule has 0 fully saturated rings. The van der Waals surface area contributed by atoms with Crippen LogP contribution in [0.3, 0.4) is 0 Å². The van der Waals surface area contributed by atoms with Crippen molar-refractivity contribution >= 4 is 43.6 Å². The van der Waals surface area contributed by atoms with E-state index in [4.69, 9.17) is 0 Å². The van der Waals surface area contributed by atoms with E-state index >= 15 is 0 Å². The second-order valence-electron chi connectivity index (χ2n) is 16.0. The number of nitrogens with zero attached hydrogens (tertiary/aromatic N) is 2. The van der Waals surface area contributed by atoms with Gasteiger partial charge in [-0.1, -0.05) is 171 Å². The van der Waals surface area contributed by atoms with Gasteiger partial charge in [-0.15, -0.1) is 0 Å². The first-order chi connectivity index (χ1) is 29.7. The molecule has 0 saturated carbocycles. The highest BCUT2D eigenvalue weighted by atomic mass is 15.0. The van der Waals surface area contributed by atoms with Crippen LogP contribution < -0.4 is 0 Å². The van der Waals surface area contributed by atoms with E-state index < -0.39 is 0 Å². The third-order valence-electron chi connectivity index (χ3n) is 12.3. The van der Waals surface area contributed by atoms with Crippen molar-refractivity contribution in [1.29, 1.82) is 0 Å². The van der Waals surface area contributed by atoms with E-state index in [-0.39, 0.29) is 0 Å². The number of para-hydroxylation sites is 2. The number of hydrogen-bond donors (Lipinski definition) is 0. The van der Waals surface area contributed by atoms with E-state index in [1.807, 2.05) is 0 Å². The molecule has 0 saturated heterocycles. The lowest BCUT2D eigenvalue weighted by Gasteiger charge is -2.12. The number of aryl methyl sites for hydroxylation is 1. The number of fused-ring (bicyclic) bond motifs is 7. The Morgan fingerprint density at radius 1 is 0.317 bits per heavy atom. The highest BCUT2D eigenvalue weighted by Crippen LogP contribution is 2.43. The third-order valence-corrected chi connectivity index (χ3v) is 12.3. The van der Waals surface area contributed by atoms with Crippen LogP contribution in [0.2, 0.25) is 0 Å². The number of aromatic nitrogens is 2. The van der Waals surface area contributed by atoms with Crippen LogP contribution in [0.5, 0.6) is 0 Å². The van der Waals surface area contributed by atoms with Gasteiger partial charge in [0.1, 0.15) is 0 Å². The summed E-state index contributed by atoms with van der Waals surface area (Å²) in [4.78, 5) is 0. The van der Waals surface area contributed by atoms with Crippen LogP contribution in [0, 0.1) is 0 Å². The Morgan fingerprint density at radius 2 is 0.750 bits per heavy atom. The zero-order valence-electron chi connectivity index (χ0n) is 33.7. The maximum atomic E-state index is 2.45. The summed E-state index contributed by atoms with van der Waals surface area (Å²) in [6.45, 7) is 2.25. The fraction of sp³-hybridized carbons (Fsp3) is 0.0690. The van der Waals surface area contributed by atoms with E-state index in [1.54, 1.807) is 0 Å². The average Bonchev–Trinajstić information content (AvgIpc) is 3.84. The van der Waals surface area contributed by atoms with Gasteiger partial charge < -0.3 is 9.13 Å². The number of hydrogen-bond acceptors (Lipinski definition) is 0. The van der Waals surface area contributed by atoms with Crippen LogP contribution in [0.4, 0.5) is 0 Å². The van der Waals surface area contributed by atoms with Crippen molar-refractivity contribution in [3.05, 3.63) is 218 Å². The first-order valence-electron chi connectivity index (χ1n) is 21.2. The van der Waals surface area contributed by atoms with Crippen molar-refractivity contribution < 1.29 is 0 Å². The van der Waals surface area contributed by atoms with E-state index in [0.29, 0.717) is 0 Å². The van der Waals surface area contributed by atoms with Crippen LogP contribution in [-0.2, 0) is 6.42 Å². The first kappa shape index (κ1) is 35.7. The summed E-state index contributed by atoms with van der Waals surface area (Å²) in [5.41, 5.74) is 18.3. The lowest BCUT2D eigenvalue weighted by Crippen LogP contribution is -1.95. The molecule has 0 spiro atoms. The second-order valence-corrected chi connectivity index (χ2v) is 16.0. The van der Waals surface area contributed by atoms with E-state index in [2.05, 4.69) is 228 Å². The predicted octanol–water partition coefficient (Wildman–Crippen LogP) is 15.9. The van der Waals surface area contributed by atoms with Crippen LogP contribution in [0.25, 0.3) is 99.5 Å². The Kier molecular flexibility index (Phi) is 8.97. The monoisotopic (exact) mass is 768 g/mol. The summed E-state index contributed by atoms with van der Waals surface area (Å²) >= 11 is 0. The molecule has 11 rings (SSSR count). The molecule has 60 heavy (non-hydrogen) atoms. The van der Waals surface area contributed by atoms with Gasteiger partial charge in [0.15, 0.2) is 0 Å². The minimum Gasteiger partial charge on any atom is -0.309 e. The van der Waals surface area contributed by atoms with Gasteiger partial charge >= 0.3 is 0 Å². The van der Waals surface area contributed by atoms with Gasteiger partial charge in [-0.25, -0.2) is 0 Å². The Balaban J connectivity index is 0.994. The fourth-order valence-electron chi connectivity index (χ4n) is 9.31. The van der Waals surface area contributed by atoms with Crippen molar-refractivity contribution in [1.82, 2.24) is 9.13 Å². The topological polar surface area (TPSA) is 9.86 Å².